The van der Waals surface area contributed by atoms with Crippen LogP contribution in [-0.4, -0.2) is 12.1 Å². The maximum Gasteiger partial charge on any atom is 0.348 e. The zero-order valence-electron chi connectivity index (χ0n) is 7.46. The Morgan fingerprint density at radius 3 is 2.42 bits per heavy atom. The first-order valence-electron chi connectivity index (χ1n) is 3.95. The zero-order chi connectivity index (χ0) is 9.56. The van der Waals surface area contributed by atoms with Crippen molar-refractivity contribution >= 4 is 5.97 Å². The highest BCUT2D eigenvalue weighted by Crippen LogP contribution is 2.05. The molecule has 66 valence electrons. The normalized spacial score (nSPS) is 9.17. The van der Waals surface area contributed by atoms with E-state index in [0.29, 0.717) is 0 Å². The van der Waals surface area contributed by atoms with Gasteiger partial charge in [0.2, 0.25) is 0 Å². The summed E-state index contributed by atoms with van der Waals surface area (Å²) in [5, 5.41) is 8.31. The Labute approximate surface area is 72.6 Å². The van der Waals surface area contributed by atoms with E-state index < -0.39 is 5.97 Å². The summed E-state index contributed by atoms with van der Waals surface area (Å²) in [5.74, 6) is -0.605. The molecule has 0 heterocycles. The predicted molar refractivity (Wildman–Crippen MR) is 45.2 cm³/mol. The number of nitriles is 1. The lowest BCUT2D eigenvalue weighted by molar-refractivity contribution is -0.144. The first-order chi connectivity index (χ1) is 5.65. The monoisotopic (exact) mass is 167 g/mol. The fourth-order valence-electron chi connectivity index (χ4n) is 0.723. The molecule has 0 rings (SSSR count). The first-order valence-corrected chi connectivity index (χ1v) is 3.95. The van der Waals surface area contributed by atoms with Crippen LogP contribution in [0.3, 0.4) is 0 Å². The number of nitrogens with zero attached hydrogens (tertiary/aromatic N) is 1. The molecule has 0 bridgehead atoms. The van der Waals surface area contributed by atoms with Crippen LogP contribution in [0.1, 0.15) is 26.7 Å². The van der Waals surface area contributed by atoms with E-state index in [4.69, 9.17) is 10.00 Å². The lowest BCUT2D eigenvalue weighted by Crippen LogP contribution is -2.17. The summed E-state index contributed by atoms with van der Waals surface area (Å²) in [6, 6.07) is 1.65. The molecule has 0 aromatic rings. The number of carbonyl (C=O) groups is 1. The Morgan fingerprint density at radius 1 is 1.58 bits per heavy atom. The summed E-state index contributed by atoms with van der Waals surface area (Å²) in [6.45, 7) is 7.11. The minimum Gasteiger partial charge on any atom is -0.458 e. The van der Waals surface area contributed by atoms with Crippen LogP contribution in [0.25, 0.3) is 0 Å². The Balaban J connectivity index is 4.00. The molecule has 3 nitrogen and oxygen atoms in total. The van der Waals surface area contributed by atoms with Crippen LogP contribution < -0.4 is 0 Å². The van der Waals surface area contributed by atoms with Crippen molar-refractivity contribution in [3.05, 3.63) is 12.2 Å². The van der Waals surface area contributed by atoms with E-state index in [2.05, 4.69) is 6.58 Å². The minimum atomic E-state index is -0.605. The van der Waals surface area contributed by atoms with Crippen LogP contribution in [0.4, 0.5) is 0 Å². The Kier molecular flexibility index (Phi) is 4.78. The molecule has 0 N–H and O–H groups in total. The molecule has 0 aromatic carbocycles. The van der Waals surface area contributed by atoms with Crippen molar-refractivity contribution in [3.8, 4) is 6.07 Å². The van der Waals surface area contributed by atoms with Gasteiger partial charge in [-0.3, -0.25) is 0 Å². The lowest BCUT2D eigenvalue weighted by atomic mass is 10.2. The molecule has 0 amide bonds. The van der Waals surface area contributed by atoms with Gasteiger partial charge in [-0.1, -0.05) is 20.4 Å². The second-order valence-electron chi connectivity index (χ2n) is 2.43. The smallest absolute Gasteiger partial charge is 0.348 e. The second-order valence-corrected chi connectivity index (χ2v) is 2.43. The van der Waals surface area contributed by atoms with Crippen LogP contribution in [0.15, 0.2) is 12.2 Å². The van der Waals surface area contributed by atoms with Crippen molar-refractivity contribution in [3.63, 3.8) is 0 Å². The van der Waals surface area contributed by atoms with Crippen molar-refractivity contribution in [2.45, 2.75) is 32.8 Å². The molecule has 0 fully saturated rings. The highest BCUT2D eigenvalue weighted by molar-refractivity contribution is 5.91. The molecule has 0 saturated heterocycles. The van der Waals surface area contributed by atoms with E-state index in [0.717, 1.165) is 12.8 Å². The number of hydrogen-bond donors (Lipinski definition) is 0. The van der Waals surface area contributed by atoms with E-state index in [1.165, 1.54) is 0 Å². The predicted octanol–water partition coefficient (Wildman–Crippen LogP) is 1.80. The molecular weight excluding hydrogens is 154 g/mol. The molecule has 0 aliphatic rings. The largest absolute Gasteiger partial charge is 0.458 e. The number of rotatable bonds is 4. The van der Waals surface area contributed by atoms with E-state index in [9.17, 15) is 4.79 Å². The van der Waals surface area contributed by atoms with Gasteiger partial charge < -0.3 is 4.74 Å². The average molecular weight is 167 g/mol. The topological polar surface area (TPSA) is 50.1 Å². The number of ether oxygens (including phenoxy) is 1. The molecule has 0 atom stereocenters. The molecule has 0 aliphatic carbocycles. The van der Waals surface area contributed by atoms with Gasteiger partial charge in [-0.05, 0) is 12.8 Å². The molecule has 0 unspecified atom stereocenters. The van der Waals surface area contributed by atoms with Crippen LogP contribution >= 0.6 is 0 Å². The second kappa shape index (κ2) is 5.36. The highest BCUT2D eigenvalue weighted by Gasteiger charge is 2.12. The number of carbonyl (C=O) groups excluding carboxylic acids is 1. The summed E-state index contributed by atoms with van der Waals surface area (Å²) in [5.41, 5.74) is -0.137. The van der Waals surface area contributed by atoms with Gasteiger partial charge in [0.25, 0.3) is 0 Å². The fourth-order valence-corrected chi connectivity index (χ4v) is 0.723. The van der Waals surface area contributed by atoms with Gasteiger partial charge in [-0.25, -0.2) is 4.79 Å². The van der Waals surface area contributed by atoms with E-state index in [-0.39, 0.29) is 11.7 Å². The molecule has 0 saturated carbocycles. The summed E-state index contributed by atoms with van der Waals surface area (Å²) < 4.78 is 4.94. The quantitative estimate of drug-likeness (QED) is 0.364. The van der Waals surface area contributed by atoms with Gasteiger partial charge >= 0.3 is 5.97 Å². The average Bonchev–Trinajstić information content (AvgIpc) is 2.12. The summed E-state index contributed by atoms with van der Waals surface area (Å²) in [4.78, 5) is 11.0. The maximum absolute atomic E-state index is 11.0. The van der Waals surface area contributed by atoms with Gasteiger partial charge in [-0.15, -0.1) is 0 Å². The first kappa shape index (κ1) is 10.7. The Bertz CT molecular complexity index is 211. The van der Waals surface area contributed by atoms with E-state index in [1.54, 1.807) is 6.07 Å². The lowest BCUT2D eigenvalue weighted by Gasteiger charge is -2.12. The fraction of sp³-hybridized carbons (Fsp3) is 0.556. The van der Waals surface area contributed by atoms with E-state index >= 15 is 0 Å². The van der Waals surface area contributed by atoms with Gasteiger partial charge in [0.1, 0.15) is 17.7 Å². The van der Waals surface area contributed by atoms with Crippen molar-refractivity contribution in [2.75, 3.05) is 0 Å². The van der Waals surface area contributed by atoms with Gasteiger partial charge in [-0.2, -0.15) is 5.26 Å². The SMILES string of the molecule is C=C(C#N)C(=O)OC(CC)CC. The Hall–Kier alpha value is -1.30. The highest BCUT2D eigenvalue weighted by atomic mass is 16.5. The van der Waals surface area contributed by atoms with Crippen LogP contribution in [-0.2, 0) is 9.53 Å². The molecule has 12 heavy (non-hydrogen) atoms. The van der Waals surface area contributed by atoms with E-state index in [1.807, 2.05) is 13.8 Å². The number of esters is 1. The molecule has 0 radical (unpaired) electrons. The van der Waals surface area contributed by atoms with Crippen LogP contribution in [0.2, 0.25) is 0 Å². The van der Waals surface area contributed by atoms with Gasteiger partial charge in [0.15, 0.2) is 0 Å². The van der Waals surface area contributed by atoms with Crippen LogP contribution in [0.5, 0.6) is 0 Å². The summed E-state index contributed by atoms with van der Waals surface area (Å²) >= 11 is 0. The standard InChI is InChI=1S/C9H13NO2/c1-4-8(5-2)12-9(11)7(3)6-10/h8H,3-5H2,1-2H3. The third-order valence-corrected chi connectivity index (χ3v) is 1.57. The molecule has 0 aliphatic heterocycles. The molecule has 0 spiro atoms. The molecule has 0 aromatic heterocycles. The van der Waals surface area contributed by atoms with Gasteiger partial charge in [0.05, 0.1) is 0 Å². The minimum absolute atomic E-state index is 0.0948. The van der Waals surface area contributed by atoms with Crippen molar-refractivity contribution < 1.29 is 9.53 Å². The van der Waals surface area contributed by atoms with Crippen LogP contribution in [0, 0.1) is 11.3 Å². The third-order valence-electron chi connectivity index (χ3n) is 1.57. The number of hydrogen-bond acceptors (Lipinski definition) is 3. The molecule has 3 heteroatoms. The zero-order valence-corrected chi connectivity index (χ0v) is 7.46. The molecular formula is C9H13NO2. The van der Waals surface area contributed by atoms with Crippen molar-refractivity contribution in [1.82, 2.24) is 0 Å². The van der Waals surface area contributed by atoms with Crippen molar-refractivity contribution in [2.24, 2.45) is 0 Å². The Morgan fingerprint density at radius 2 is 2.08 bits per heavy atom. The van der Waals surface area contributed by atoms with Crippen molar-refractivity contribution in [1.29, 1.82) is 5.26 Å². The third kappa shape index (κ3) is 3.20. The summed E-state index contributed by atoms with van der Waals surface area (Å²) in [7, 11) is 0. The van der Waals surface area contributed by atoms with Gasteiger partial charge in [0, 0.05) is 0 Å². The summed E-state index contributed by atoms with van der Waals surface area (Å²) in [6.07, 6.45) is 1.43. The maximum atomic E-state index is 11.0.